The van der Waals surface area contributed by atoms with E-state index >= 15 is 0 Å². The molecule has 1 saturated heterocycles. The summed E-state index contributed by atoms with van der Waals surface area (Å²) in [5.74, 6) is 0.751. The lowest BCUT2D eigenvalue weighted by molar-refractivity contribution is 0.0351. The molecule has 4 heteroatoms. The van der Waals surface area contributed by atoms with Gasteiger partial charge < -0.3 is 14.8 Å². The van der Waals surface area contributed by atoms with Crippen LogP contribution < -0.4 is 5.32 Å². The molecule has 0 spiro atoms. The van der Waals surface area contributed by atoms with Crippen LogP contribution in [0.2, 0.25) is 0 Å². The standard InChI is InChI=1S/C16H34N2O2/c1-5-6-15-13-18(7-8-20-10-9-19-4)16(12-17-15)11-14(2)3/h14-17H,5-13H2,1-4H3. The minimum Gasteiger partial charge on any atom is -0.382 e. The summed E-state index contributed by atoms with van der Waals surface area (Å²) in [6, 6.07) is 1.32. The van der Waals surface area contributed by atoms with Gasteiger partial charge in [-0.25, -0.2) is 0 Å². The van der Waals surface area contributed by atoms with Crippen molar-refractivity contribution in [1.82, 2.24) is 10.2 Å². The molecule has 1 aliphatic heterocycles. The predicted molar refractivity (Wildman–Crippen MR) is 84.2 cm³/mol. The molecule has 0 saturated carbocycles. The first-order valence-electron chi connectivity index (χ1n) is 8.21. The van der Waals surface area contributed by atoms with Crippen molar-refractivity contribution >= 4 is 0 Å². The number of hydrogen-bond acceptors (Lipinski definition) is 4. The summed E-state index contributed by atoms with van der Waals surface area (Å²) < 4.78 is 10.6. The number of rotatable bonds is 10. The third-order valence-corrected chi connectivity index (χ3v) is 3.95. The third-order valence-electron chi connectivity index (χ3n) is 3.95. The van der Waals surface area contributed by atoms with Crippen LogP contribution in [0.4, 0.5) is 0 Å². The summed E-state index contributed by atoms with van der Waals surface area (Å²) in [6.07, 6.45) is 3.80. The molecule has 2 unspecified atom stereocenters. The first kappa shape index (κ1) is 17.9. The van der Waals surface area contributed by atoms with E-state index < -0.39 is 0 Å². The molecule has 1 fully saturated rings. The SMILES string of the molecule is CCCC1CN(CCOCCOC)C(CC(C)C)CN1. The highest BCUT2D eigenvalue weighted by atomic mass is 16.5. The molecule has 1 aliphatic rings. The Morgan fingerprint density at radius 1 is 1.25 bits per heavy atom. The van der Waals surface area contributed by atoms with E-state index in [4.69, 9.17) is 9.47 Å². The van der Waals surface area contributed by atoms with Crippen LogP contribution in [0.25, 0.3) is 0 Å². The second-order valence-corrected chi connectivity index (χ2v) is 6.28. The van der Waals surface area contributed by atoms with E-state index in [1.165, 1.54) is 25.8 Å². The van der Waals surface area contributed by atoms with Crippen LogP contribution in [-0.2, 0) is 9.47 Å². The van der Waals surface area contributed by atoms with Crippen molar-refractivity contribution < 1.29 is 9.47 Å². The Balaban J connectivity index is 2.36. The molecule has 0 aromatic rings. The molecule has 0 radical (unpaired) electrons. The molecule has 0 aromatic heterocycles. The lowest BCUT2D eigenvalue weighted by atomic mass is 9.98. The highest BCUT2D eigenvalue weighted by molar-refractivity contribution is 4.86. The van der Waals surface area contributed by atoms with Gasteiger partial charge in [0, 0.05) is 38.8 Å². The number of methoxy groups -OCH3 is 1. The minimum absolute atomic E-state index is 0.655. The van der Waals surface area contributed by atoms with Gasteiger partial charge in [-0.1, -0.05) is 27.2 Å². The van der Waals surface area contributed by atoms with Gasteiger partial charge >= 0.3 is 0 Å². The Kier molecular flexibility index (Phi) is 9.44. The number of nitrogens with one attached hydrogen (secondary N) is 1. The zero-order valence-corrected chi connectivity index (χ0v) is 13.9. The average Bonchev–Trinajstić information content (AvgIpc) is 2.41. The predicted octanol–water partition coefficient (Wildman–Crippen LogP) is 2.14. The van der Waals surface area contributed by atoms with Crippen LogP contribution in [0, 0.1) is 5.92 Å². The third kappa shape index (κ3) is 7.02. The molecule has 2 atom stereocenters. The summed E-state index contributed by atoms with van der Waals surface area (Å²) in [4.78, 5) is 2.63. The van der Waals surface area contributed by atoms with Crippen molar-refractivity contribution in [3.05, 3.63) is 0 Å². The Morgan fingerprint density at radius 2 is 2.05 bits per heavy atom. The van der Waals surface area contributed by atoms with Gasteiger partial charge in [0.2, 0.25) is 0 Å². The van der Waals surface area contributed by atoms with E-state index in [1.807, 2.05) is 0 Å². The fourth-order valence-corrected chi connectivity index (χ4v) is 2.95. The molecule has 20 heavy (non-hydrogen) atoms. The number of hydrogen-bond donors (Lipinski definition) is 1. The van der Waals surface area contributed by atoms with Crippen molar-refractivity contribution in [3.63, 3.8) is 0 Å². The average molecular weight is 286 g/mol. The molecule has 1 heterocycles. The lowest BCUT2D eigenvalue weighted by Crippen LogP contribution is -2.57. The molecule has 4 nitrogen and oxygen atoms in total. The largest absolute Gasteiger partial charge is 0.382 e. The molecule has 1 rings (SSSR count). The molecule has 0 aromatic carbocycles. The van der Waals surface area contributed by atoms with Gasteiger partial charge in [-0.15, -0.1) is 0 Å². The van der Waals surface area contributed by atoms with E-state index in [0.29, 0.717) is 25.3 Å². The molecule has 1 N–H and O–H groups in total. The lowest BCUT2D eigenvalue weighted by Gasteiger charge is -2.41. The van der Waals surface area contributed by atoms with Crippen molar-refractivity contribution in [1.29, 1.82) is 0 Å². The minimum atomic E-state index is 0.655. The van der Waals surface area contributed by atoms with Crippen LogP contribution in [0.1, 0.15) is 40.0 Å². The van der Waals surface area contributed by atoms with E-state index in [-0.39, 0.29) is 0 Å². The van der Waals surface area contributed by atoms with Gasteiger partial charge in [0.25, 0.3) is 0 Å². The highest BCUT2D eigenvalue weighted by Crippen LogP contribution is 2.16. The van der Waals surface area contributed by atoms with Crippen LogP contribution in [0.15, 0.2) is 0 Å². The van der Waals surface area contributed by atoms with E-state index in [1.54, 1.807) is 7.11 Å². The van der Waals surface area contributed by atoms with Gasteiger partial charge in [-0.3, -0.25) is 4.90 Å². The first-order chi connectivity index (χ1) is 9.67. The van der Waals surface area contributed by atoms with Gasteiger partial charge in [0.05, 0.1) is 19.8 Å². The van der Waals surface area contributed by atoms with Crippen LogP contribution in [-0.4, -0.2) is 63.5 Å². The smallest absolute Gasteiger partial charge is 0.0700 e. The molecular formula is C16H34N2O2. The Morgan fingerprint density at radius 3 is 2.70 bits per heavy atom. The zero-order valence-electron chi connectivity index (χ0n) is 13.9. The number of ether oxygens (including phenoxy) is 2. The first-order valence-corrected chi connectivity index (χ1v) is 8.21. The van der Waals surface area contributed by atoms with Crippen molar-refractivity contribution in [2.75, 3.05) is 46.6 Å². The topological polar surface area (TPSA) is 33.7 Å². The summed E-state index contributed by atoms with van der Waals surface area (Å²) >= 11 is 0. The number of piperazine rings is 1. The Hall–Kier alpha value is -0.160. The fourth-order valence-electron chi connectivity index (χ4n) is 2.95. The van der Waals surface area contributed by atoms with E-state index in [0.717, 1.165) is 25.6 Å². The normalized spacial score (nSPS) is 24.4. The maximum absolute atomic E-state index is 5.64. The Labute approximate surface area is 125 Å². The Bertz CT molecular complexity index is 237. The van der Waals surface area contributed by atoms with Gasteiger partial charge in [0.15, 0.2) is 0 Å². The van der Waals surface area contributed by atoms with E-state index in [2.05, 4.69) is 31.0 Å². The molecule has 120 valence electrons. The van der Waals surface area contributed by atoms with Crippen molar-refractivity contribution in [2.24, 2.45) is 5.92 Å². The second kappa shape index (κ2) is 10.6. The van der Waals surface area contributed by atoms with Crippen LogP contribution in [0.5, 0.6) is 0 Å². The summed E-state index contributed by atoms with van der Waals surface area (Å²) in [7, 11) is 1.72. The molecule has 0 aliphatic carbocycles. The summed E-state index contributed by atoms with van der Waals surface area (Å²) in [6.45, 7) is 12.4. The van der Waals surface area contributed by atoms with Gasteiger partial charge in [-0.05, 0) is 18.8 Å². The summed E-state index contributed by atoms with van der Waals surface area (Å²) in [5.41, 5.74) is 0. The monoisotopic (exact) mass is 286 g/mol. The highest BCUT2D eigenvalue weighted by Gasteiger charge is 2.27. The summed E-state index contributed by atoms with van der Waals surface area (Å²) in [5, 5.41) is 3.71. The van der Waals surface area contributed by atoms with Crippen molar-refractivity contribution in [3.8, 4) is 0 Å². The molecule has 0 bridgehead atoms. The van der Waals surface area contributed by atoms with Crippen molar-refractivity contribution in [2.45, 2.75) is 52.1 Å². The van der Waals surface area contributed by atoms with Crippen LogP contribution >= 0.6 is 0 Å². The molecular weight excluding hydrogens is 252 g/mol. The quantitative estimate of drug-likeness (QED) is 0.624. The second-order valence-electron chi connectivity index (χ2n) is 6.28. The fraction of sp³-hybridized carbons (Fsp3) is 1.00. The number of nitrogens with zero attached hydrogens (tertiary/aromatic N) is 1. The van der Waals surface area contributed by atoms with Gasteiger partial charge in [0.1, 0.15) is 0 Å². The van der Waals surface area contributed by atoms with Crippen LogP contribution in [0.3, 0.4) is 0 Å². The maximum Gasteiger partial charge on any atom is 0.0700 e. The maximum atomic E-state index is 5.64. The van der Waals surface area contributed by atoms with E-state index in [9.17, 15) is 0 Å². The zero-order chi connectivity index (χ0) is 14.8. The van der Waals surface area contributed by atoms with Gasteiger partial charge in [-0.2, -0.15) is 0 Å². The molecule has 0 amide bonds.